The van der Waals surface area contributed by atoms with Gasteiger partial charge in [0.2, 0.25) is 0 Å². The van der Waals surface area contributed by atoms with Crippen molar-refractivity contribution in [1.82, 2.24) is 4.90 Å². The second kappa shape index (κ2) is 34.7. The summed E-state index contributed by atoms with van der Waals surface area (Å²) in [5.41, 5.74) is 0. The molecule has 4 nitrogen and oxygen atoms in total. The zero-order chi connectivity index (χ0) is 33.0. The Morgan fingerprint density at radius 1 is 0.587 bits per heavy atom. The molecule has 0 radical (unpaired) electrons. The molecule has 0 spiro atoms. The number of carbonyl (C=O) groups is 1. The quantitative estimate of drug-likeness (QED) is 0.0392. The summed E-state index contributed by atoms with van der Waals surface area (Å²) < 4.78 is 5.53. The summed E-state index contributed by atoms with van der Waals surface area (Å²) in [5.74, 6) is 1.27. The van der Waals surface area contributed by atoms with Crippen molar-refractivity contribution < 1.29 is 9.53 Å². The van der Waals surface area contributed by atoms with Crippen LogP contribution >= 0.6 is 0 Å². The van der Waals surface area contributed by atoms with Gasteiger partial charge < -0.3 is 9.64 Å². The number of nitrogens with zero attached hydrogens (tertiary/aromatic N) is 2. The van der Waals surface area contributed by atoms with Gasteiger partial charge in [-0.1, -0.05) is 147 Å². The van der Waals surface area contributed by atoms with Gasteiger partial charge in [-0.15, -0.1) is 0 Å². The highest BCUT2D eigenvalue weighted by atomic mass is 16.5. The Kier molecular flexibility index (Phi) is 32.1. The Hall–Kier alpha value is -1.58. The topological polar surface area (TPSA) is 41.9 Å². The first-order chi connectivity index (χ1) is 22.8. The van der Waals surface area contributed by atoms with Gasteiger partial charge in [0.1, 0.15) is 0 Å². The monoisotopic (exact) mass is 643 g/mol. The smallest absolute Gasteiger partial charge is 0.305 e. The third kappa shape index (κ3) is 28.6. The Bertz CT molecular complexity index is 744. The van der Waals surface area contributed by atoms with E-state index in [1.165, 1.54) is 166 Å². The lowest BCUT2D eigenvalue weighted by atomic mass is 10.1. The third-order valence-corrected chi connectivity index (χ3v) is 9.42. The molecular formula is C42H78N2O2. The minimum Gasteiger partial charge on any atom is -0.466 e. The molecule has 0 aromatic carbocycles. The van der Waals surface area contributed by atoms with Gasteiger partial charge in [0.05, 0.1) is 19.0 Å². The number of hydrogen-bond donors (Lipinski definition) is 0. The van der Waals surface area contributed by atoms with Gasteiger partial charge in [-0.2, -0.15) is 0 Å². The normalized spacial score (nSPS) is 13.4. The van der Waals surface area contributed by atoms with Gasteiger partial charge in [0.15, 0.2) is 0 Å². The van der Waals surface area contributed by atoms with Gasteiger partial charge in [0.25, 0.3) is 0 Å². The summed E-state index contributed by atoms with van der Waals surface area (Å²) in [6.45, 7) is 8.03. The lowest BCUT2D eigenvalue weighted by Gasteiger charge is -2.20. The zero-order valence-corrected chi connectivity index (χ0v) is 31.1. The van der Waals surface area contributed by atoms with E-state index in [9.17, 15) is 4.79 Å². The predicted octanol–water partition coefficient (Wildman–Crippen LogP) is 13.1. The number of hydrogen-bond acceptors (Lipinski definition) is 4. The predicted molar refractivity (Wildman–Crippen MR) is 203 cm³/mol. The number of ether oxygens (including phenoxy) is 1. The number of unbranched alkanes of at least 4 members (excludes halogenated alkanes) is 23. The summed E-state index contributed by atoms with van der Waals surface area (Å²) in [6.07, 6.45) is 47.7. The number of aliphatic imine (C=N–C) groups is 1. The second-order valence-electron chi connectivity index (χ2n) is 13.9. The van der Waals surface area contributed by atoms with Gasteiger partial charge in [-0.05, 0) is 70.6 Å². The molecule has 1 heterocycles. The molecule has 268 valence electrons. The highest BCUT2D eigenvalue weighted by Crippen LogP contribution is 2.15. The molecule has 0 aromatic rings. The van der Waals surface area contributed by atoms with Gasteiger partial charge in [0, 0.05) is 25.9 Å². The van der Waals surface area contributed by atoms with E-state index >= 15 is 0 Å². The molecule has 0 atom stereocenters. The summed E-state index contributed by atoms with van der Waals surface area (Å²) in [5, 5.41) is 0. The Morgan fingerprint density at radius 2 is 1.02 bits per heavy atom. The summed E-state index contributed by atoms with van der Waals surface area (Å²) in [4.78, 5) is 19.3. The number of esters is 1. The standard InChI is InChI=1S/C42H78N2O2/c1-3-5-7-9-11-13-15-17-19-21-22-24-26-28-30-32-35-41-43-37-39-44(41)38-34-40-46-42(45)36-33-31-29-27-25-23-20-18-16-14-12-10-8-6-4-2/h17-20H,3-16,21-40H2,1-2H3/b19-17-,20-18-. The van der Waals surface area contributed by atoms with Crippen LogP contribution in [0.3, 0.4) is 0 Å². The van der Waals surface area contributed by atoms with Crippen molar-refractivity contribution in [2.45, 2.75) is 206 Å². The molecule has 1 aliphatic rings. The lowest BCUT2D eigenvalue weighted by Crippen LogP contribution is -2.29. The van der Waals surface area contributed by atoms with Gasteiger partial charge in [-0.3, -0.25) is 9.79 Å². The van der Waals surface area contributed by atoms with E-state index in [2.05, 4.69) is 43.1 Å². The first kappa shape index (κ1) is 42.4. The van der Waals surface area contributed by atoms with Crippen LogP contribution in [-0.2, 0) is 9.53 Å². The highest BCUT2D eigenvalue weighted by Gasteiger charge is 2.16. The molecule has 0 saturated heterocycles. The first-order valence-corrected chi connectivity index (χ1v) is 20.5. The van der Waals surface area contributed by atoms with E-state index in [-0.39, 0.29) is 5.97 Å². The molecule has 0 saturated carbocycles. The number of allylic oxidation sites excluding steroid dienone is 4. The summed E-state index contributed by atoms with van der Waals surface area (Å²) >= 11 is 0. The van der Waals surface area contributed by atoms with Crippen molar-refractivity contribution in [3.8, 4) is 0 Å². The van der Waals surface area contributed by atoms with Crippen molar-refractivity contribution in [3.05, 3.63) is 24.3 Å². The minimum atomic E-state index is -0.0165. The molecule has 0 N–H and O–H groups in total. The number of carbonyl (C=O) groups excluding carboxylic acids is 1. The highest BCUT2D eigenvalue weighted by molar-refractivity contribution is 5.83. The van der Waals surface area contributed by atoms with Gasteiger partial charge >= 0.3 is 5.97 Å². The van der Waals surface area contributed by atoms with E-state index < -0.39 is 0 Å². The molecule has 0 aromatic heterocycles. The van der Waals surface area contributed by atoms with Crippen molar-refractivity contribution in [2.75, 3.05) is 26.2 Å². The molecule has 1 rings (SSSR count). The van der Waals surface area contributed by atoms with Crippen LogP contribution in [-0.4, -0.2) is 42.9 Å². The SMILES string of the molecule is CCCCCCCC/C=C\CCCCCCCCC1=NCCN1CCCOC(=O)CCCCCCC/C=C\CCCCCCCC. The summed E-state index contributed by atoms with van der Waals surface area (Å²) in [7, 11) is 0. The average Bonchev–Trinajstić information content (AvgIpc) is 3.51. The van der Waals surface area contributed by atoms with Crippen LogP contribution in [0.4, 0.5) is 0 Å². The fourth-order valence-electron chi connectivity index (χ4n) is 6.39. The molecule has 46 heavy (non-hydrogen) atoms. The van der Waals surface area contributed by atoms with E-state index in [1.807, 2.05) is 0 Å². The molecule has 4 heteroatoms. The molecule has 1 aliphatic heterocycles. The average molecular weight is 643 g/mol. The van der Waals surface area contributed by atoms with E-state index in [4.69, 9.17) is 9.73 Å². The number of rotatable bonds is 35. The first-order valence-electron chi connectivity index (χ1n) is 20.5. The summed E-state index contributed by atoms with van der Waals surface area (Å²) in [6, 6.07) is 0. The van der Waals surface area contributed by atoms with Crippen LogP contribution in [0.25, 0.3) is 0 Å². The number of amidine groups is 1. The zero-order valence-electron chi connectivity index (χ0n) is 31.1. The minimum absolute atomic E-state index is 0.0165. The molecule has 0 amide bonds. The van der Waals surface area contributed by atoms with Crippen LogP contribution < -0.4 is 0 Å². The Labute approximate surface area is 287 Å². The lowest BCUT2D eigenvalue weighted by molar-refractivity contribution is -0.143. The van der Waals surface area contributed by atoms with E-state index in [0.717, 1.165) is 45.3 Å². The van der Waals surface area contributed by atoms with E-state index in [0.29, 0.717) is 13.0 Å². The van der Waals surface area contributed by atoms with Gasteiger partial charge in [-0.25, -0.2) is 0 Å². The van der Waals surface area contributed by atoms with Crippen molar-refractivity contribution >= 4 is 11.8 Å². The molecule has 0 fully saturated rings. The van der Waals surface area contributed by atoms with Crippen LogP contribution in [0.5, 0.6) is 0 Å². The van der Waals surface area contributed by atoms with Crippen molar-refractivity contribution in [1.29, 1.82) is 0 Å². The molecular weight excluding hydrogens is 564 g/mol. The van der Waals surface area contributed by atoms with Crippen LogP contribution in [0.15, 0.2) is 29.3 Å². The molecule has 0 bridgehead atoms. The van der Waals surface area contributed by atoms with Crippen LogP contribution in [0.2, 0.25) is 0 Å². The van der Waals surface area contributed by atoms with E-state index in [1.54, 1.807) is 0 Å². The van der Waals surface area contributed by atoms with Crippen molar-refractivity contribution in [3.63, 3.8) is 0 Å². The Balaban J connectivity index is 1.87. The van der Waals surface area contributed by atoms with Crippen molar-refractivity contribution in [2.24, 2.45) is 4.99 Å². The molecule has 0 unspecified atom stereocenters. The fraction of sp³-hybridized carbons (Fsp3) is 0.857. The largest absolute Gasteiger partial charge is 0.466 e. The second-order valence-corrected chi connectivity index (χ2v) is 13.9. The maximum atomic E-state index is 12.1. The van der Waals surface area contributed by atoms with Crippen LogP contribution in [0.1, 0.15) is 206 Å². The van der Waals surface area contributed by atoms with Crippen LogP contribution in [0, 0.1) is 0 Å². The fourth-order valence-corrected chi connectivity index (χ4v) is 6.39. The maximum Gasteiger partial charge on any atom is 0.305 e. The maximum absolute atomic E-state index is 12.1. The Morgan fingerprint density at radius 3 is 1.52 bits per heavy atom. The third-order valence-electron chi connectivity index (χ3n) is 9.42. The molecule has 0 aliphatic carbocycles.